The maximum atomic E-state index is 10.9. The standard InChI is InChI=1S/C9H20.C2H2F5N/c1-4-5-6-7-8-9(2)3;3-1(4,5)2(6,7)8/h9H,4-8H2,1-3H3;8H2. The highest BCUT2D eigenvalue weighted by molar-refractivity contribution is 4.65. The molecule has 0 atom stereocenters. The maximum absolute atomic E-state index is 10.9. The number of hydrogen-bond acceptors (Lipinski definition) is 1. The van der Waals surface area contributed by atoms with Crippen LogP contribution >= 0.6 is 0 Å². The zero-order valence-electron chi connectivity index (χ0n) is 10.6. The van der Waals surface area contributed by atoms with Gasteiger partial charge in [0.15, 0.2) is 0 Å². The molecule has 17 heavy (non-hydrogen) atoms. The largest absolute Gasteiger partial charge is 0.468 e. The SMILES string of the molecule is CCCCCCC(C)C.NC(F)(F)C(F)(F)F. The molecule has 0 heterocycles. The summed E-state index contributed by atoms with van der Waals surface area (Å²) in [6, 6.07) is -5.06. The molecule has 0 bridgehead atoms. The van der Waals surface area contributed by atoms with Crippen LogP contribution in [0, 0.1) is 5.92 Å². The van der Waals surface area contributed by atoms with Gasteiger partial charge >= 0.3 is 12.2 Å². The van der Waals surface area contributed by atoms with Gasteiger partial charge in [-0.25, -0.2) is 0 Å². The second kappa shape index (κ2) is 8.66. The minimum atomic E-state index is -5.62. The predicted molar refractivity (Wildman–Crippen MR) is 58.8 cm³/mol. The van der Waals surface area contributed by atoms with Crippen LogP contribution in [0.4, 0.5) is 22.0 Å². The summed E-state index contributed by atoms with van der Waals surface area (Å²) in [5, 5.41) is 0. The normalized spacial score (nSPS) is 12.4. The molecule has 0 radical (unpaired) electrons. The second-order valence-electron chi connectivity index (χ2n) is 4.36. The molecule has 0 aromatic heterocycles. The average Bonchev–Trinajstić information content (AvgIpc) is 2.10. The summed E-state index contributed by atoms with van der Waals surface area (Å²) in [5.41, 5.74) is 3.35. The van der Waals surface area contributed by atoms with E-state index in [1.54, 1.807) is 0 Å². The van der Waals surface area contributed by atoms with Crippen molar-refractivity contribution in [2.75, 3.05) is 0 Å². The van der Waals surface area contributed by atoms with E-state index in [-0.39, 0.29) is 0 Å². The summed E-state index contributed by atoms with van der Waals surface area (Å²) >= 11 is 0. The molecule has 0 aromatic rings. The van der Waals surface area contributed by atoms with Crippen LogP contribution in [0.2, 0.25) is 0 Å². The van der Waals surface area contributed by atoms with E-state index in [4.69, 9.17) is 0 Å². The third kappa shape index (κ3) is 13.5. The van der Waals surface area contributed by atoms with Crippen molar-refractivity contribution in [3.8, 4) is 0 Å². The summed E-state index contributed by atoms with van der Waals surface area (Å²) in [6.07, 6.45) is 1.46. The molecule has 6 heteroatoms. The second-order valence-corrected chi connectivity index (χ2v) is 4.36. The number of rotatable bonds is 5. The van der Waals surface area contributed by atoms with Gasteiger partial charge in [-0.3, -0.25) is 5.73 Å². The van der Waals surface area contributed by atoms with Crippen LogP contribution in [0.1, 0.15) is 52.9 Å². The lowest BCUT2D eigenvalue weighted by atomic mass is 10.1. The zero-order valence-corrected chi connectivity index (χ0v) is 10.6. The van der Waals surface area contributed by atoms with Crippen LogP contribution in [0.5, 0.6) is 0 Å². The Morgan fingerprint density at radius 1 is 0.941 bits per heavy atom. The van der Waals surface area contributed by atoms with Crippen molar-refractivity contribution >= 4 is 0 Å². The van der Waals surface area contributed by atoms with E-state index in [9.17, 15) is 22.0 Å². The van der Waals surface area contributed by atoms with E-state index >= 15 is 0 Å². The van der Waals surface area contributed by atoms with Crippen molar-refractivity contribution in [2.24, 2.45) is 11.7 Å². The zero-order chi connectivity index (χ0) is 14.1. The molecular weight excluding hydrogens is 241 g/mol. The van der Waals surface area contributed by atoms with Gasteiger partial charge in [0, 0.05) is 0 Å². The highest BCUT2D eigenvalue weighted by Gasteiger charge is 2.54. The molecular formula is C11H22F5N. The first-order chi connectivity index (χ1) is 7.52. The van der Waals surface area contributed by atoms with Gasteiger partial charge in [-0.2, -0.15) is 22.0 Å². The fourth-order valence-corrected chi connectivity index (χ4v) is 0.979. The summed E-state index contributed by atoms with van der Waals surface area (Å²) in [4.78, 5) is 0. The number of nitrogens with two attached hydrogens (primary N) is 1. The van der Waals surface area contributed by atoms with Crippen molar-refractivity contribution < 1.29 is 22.0 Å². The first-order valence-corrected chi connectivity index (χ1v) is 5.75. The summed E-state index contributed by atoms with van der Waals surface area (Å²) < 4.78 is 53.8. The first kappa shape index (κ1) is 19.0. The monoisotopic (exact) mass is 263 g/mol. The maximum Gasteiger partial charge on any atom is 0.468 e. The molecule has 0 aromatic carbocycles. The van der Waals surface area contributed by atoms with Crippen LogP contribution < -0.4 is 5.73 Å². The third-order valence-corrected chi connectivity index (χ3v) is 2.01. The van der Waals surface area contributed by atoms with E-state index in [0.717, 1.165) is 5.92 Å². The lowest BCUT2D eigenvalue weighted by Gasteiger charge is -2.12. The number of hydrogen-bond donors (Lipinski definition) is 1. The Hall–Kier alpha value is -0.390. The Morgan fingerprint density at radius 2 is 1.35 bits per heavy atom. The van der Waals surface area contributed by atoms with E-state index in [2.05, 4.69) is 26.5 Å². The number of unbranched alkanes of at least 4 members (excludes halogenated alkanes) is 3. The molecule has 0 spiro atoms. The highest BCUT2D eigenvalue weighted by Crippen LogP contribution is 2.29. The van der Waals surface area contributed by atoms with Gasteiger partial charge in [-0.05, 0) is 5.92 Å². The van der Waals surface area contributed by atoms with E-state index in [1.165, 1.54) is 32.1 Å². The Bertz CT molecular complexity index is 160. The molecule has 0 fully saturated rings. The minimum absolute atomic E-state index is 0.904. The molecule has 1 nitrogen and oxygen atoms in total. The van der Waals surface area contributed by atoms with Crippen molar-refractivity contribution in [3.63, 3.8) is 0 Å². The van der Waals surface area contributed by atoms with Crippen LogP contribution in [0.15, 0.2) is 0 Å². The average molecular weight is 263 g/mol. The summed E-state index contributed by atoms with van der Waals surface area (Å²) in [7, 11) is 0. The minimum Gasteiger partial charge on any atom is -0.264 e. The van der Waals surface area contributed by atoms with Crippen molar-refractivity contribution in [1.82, 2.24) is 0 Å². The molecule has 0 unspecified atom stereocenters. The van der Waals surface area contributed by atoms with Gasteiger partial charge < -0.3 is 0 Å². The van der Waals surface area contributed by atoms with Crippen LogP contribution in [0.3, 0.4) is 0 Å². The van der Waals surface area contributed by atoms with Gasteiger partial charge in [0.25, 0.3) is 0 Å². The Morgan fingerprint density at radius 3 is 1.59 bits per heavy atom. The fraction of sp³-hybridized carbons (Fsp3) is 1.00. The van der Waals surface area contributed by atoms with E-state index < -0.39 is 12.2 Å². The Labute approximate surface area is 99.6 Å². The molecule has 0 rings (SSSR count). The Balaban J connectivity index is 0. The summed E-state index contributed by atoms with van der Waals surface area (Å²) in [6.45, 7) is 6.85. The van der Waals surface area contributed by atoms with E-state index in [0.29, 0.717) is 0 Å². The summed E-state index contributed by atoms with van der Waals surface area (Å²) in [5.74, 6) is 0.904. The highest BCUT2D eigenvalue weighted by atomic mass is 19.4. The Kier molecular flexibility index (Phi) is 9.66. The van der Waals surface area contributed by atoms with Gasteiger partial charge in [0.1, 0.15) is 0 Å². The third-order valence-electron chi connectivity index (χ3n) is 2.01. The van der Waals surface area contributed by atoms with Gasteiger partial charge in [0.2, 0.25) is 0 Å². The van der Waals surface area contributed by atoms with Crippen LogP contribution in [0.25, 0.3) is 0 Å². The van der Waals surface area contributed by atoms with Crippen molar-refractivity contribution in [2.45, 2.75) is 65.1 Å². The number of halogens is 5. The molecule has 0 aliphatic rings. The van der Waals surface area contributed by atoms with Crippen LogP contribution in [-0.4, -0.2) is 12.2 Å². The lowest BCUT2D eigenvalue weighted by molar-refractivity contribution is -0.279. The molecule has 0 aliphatic heterocycles. The predicted octanol–water partition coefficient (Wildman–Crippen LogP) is 4.71. The van der Waals surface area contributed by atoms with Gasteiger partial charge in [0.05, 0.1) is 0 Å². The van der Waals surface area contributed by atoms with Crippen molar-refractivity contribution in [3.05, 3.63) is 0 Å². The molecule has 0 amide bonds. The lowest BCUT2D eigenvalue weighted by Crippen LogP contribution is -2.44. The molecule has 0 saturated heterocycles. The molecule has 106 valence electrons. The molecule has 0 saturated carbocycles. The van der Waals surface area contributed by atoms with Gasteiger partial charge in [-0.1, -0.05) is 52.9 Å². The topological polar surface area (TPSA) is 26.0 Å². The van der Waals surface area contributed by atoms with E-state index in [1.807, 2.05) is 0 Å². The van der Waals surface area contributed by atoms with Crippen LogP contribution in [-0.2, 0) is 0 Å². The molecule has 0 aliphatic carbocycles. The fourth-order valence-electron chi connectivity index (χ4n) is 0.979. The quantitative estimate of drug-likeness (QED) is 0.434. The smallest absolute Gasteiger partial charge is 0.264 e. The molecule has 2 N–H and O–H groups in total. The van der Waals surface area contributed by atoms with Crippen molar-refractivity contribution in [1.29, 1.82) is 0 Å². The number of alkyl halides is 5. The van der Waals surface area contributed by atoms with Gasteiger partial charge in [-0.15, -0.1) is 0 Å². The first-order valence-electron chi connectivity index (χ1n) is 5.75.